The molecular formula is C20H23Cl2FN6O2S. The van der Waals surface area contributed by atoms with Gasteiger partial charge in [0.2, 0.25) is 0 Å². The van der Waals surface area contributed by atoms with Crippen molar-refractivity contribution in [2.45, 2.75) is 11.8 Å². The van der Waals surface area contributed by atoms with Gasteiger partial charge in [0.1, 0.15) is 10.7 Å². The number of aromatic amines is 1. The Hall–Kier alpha value is -2.53. The van der Waals surface area contributed by atoms with Gasteiger partial charge in [0.25, 0.3) is 10.0 Å². The molecule has 172 valence electrons. The van der Waals surface area contributed by atoms with Crippen LogP contribution in [-0.4, -0.2) is 45.8 Å². The third-order valence-electron chi connectivity index (χ3n) is 4.66. The second-order valence-corrected chi connectivity index (χ2v) is 9.76. The Kier molecular flexibility index (Phi) is 7.50. The van der Waals surface area contributed by atoms with Crippen LogP contribution in [0.15, 0.2) is 47.4 Å². The molecule has 0 unspecified atom stereocenters. The number of benzene rings is 2. The Morgan fingerprint density at radius 3 is 2.56 bits per heavy atom. The number of sulfonamides is 1. The van der Waals surface area contributed by atoms with E-state index in [1.165, 1.54) is 6.07 Å². The van der Waals surface area contributed by atoms with Crippen LogP contribution in [0.3, 0.4) is 0 Å². The second-order valence-electron chi connectivity index (χ2n) is 7.06. The van der Waals surface area contributed by atoms with E-state index >= 15 is 0 Å². The van der Waals surface area contributed by atoms with Gasteiger partial charge >= 0.3 is 0 Å². The van der Waals surface area contributed by atoms with E-state index in [9.17, 15) is 12.8 Å². The molecule has 0 saturated carbocycles. The third kappa shape index (κ3) is 5.09. The lowest BCUT2D eigenvalue weighted by atomic mass is 10.2. The largest absolute Gasteiger partial charge is 0.372 e. The number of nitrogens with one attached hydrogen (secondary N) is 3. The predicted molar refractivity (Wildman–Crippen MR) is 127 cm³/mol. The van der Waals surface area contributed by atoms with Crippen molar-refractivity contribution in [3.05, 3.63) is 59.0 Å². The number of rotatable bonds is 9. The molecule has 12 heteroatoms. The highest BCUT2D eigenvalue weighted by Gasteiger charge is 2.30. The fourth-order valence-electron chi connectivity index (χ4n) is 2.98. The van der Waals surface area contributed by atoms with Crippen molar-refractivity contribution < 1.29 is 12.8 Å². The quantitative estimate of drug-likeness (QED) is 0.380. The smallest absolute Gasteiger partial charge is 0.282 e. The van der Waals surface area contributed by atoms with Crippen LogP contribution >= 0.6 is 23.4 Å². The first-order valence-electron chi connectivity index (χ1n) is 9.59. The normalized spacial score (nSPS) is 11.4. The molecule has 3 aromatic rings. The number of para-hydroxylation sites is 2. The molecule has 0 aliphatic carbocycles. The molecule has 0 aliphatic heterocycles. The topological polar surface area (TPSA) is 93.4 Å². The van der Waals surface area contributed by atoms with E-state index in [0.717, 1.165) is 30.9 Å². The Balaban J connectivity index is 1.92. The molecule has 0 aliphatic rings. The molecule has 32 heavy (non-hydrogen) atoms. The zero-order valence-corrected chi connectivity index (χ0v) is 20.0. The molecule has 2 aromatic carbocycles. The standard InChI is InChI=1S/C20H23Cl2FN6O2S/c1-13-10-20(27-26-13)29(22)32(30,31)19-11-14(21)17(12-15(19)23)25-16-6-4-5-7-18(16)28(3)9-8-24-2/h4-7,10-12,24-25H,8-9H2,1-3H3,(H,26,27). The van der Waals surface area contributed by atoms with E-state index in [-0.39, 0.29) is 16.5 Å². The number of halogens is 3. The summed E-state index contributed by atoms with van der Waals surface area (Å²) in [7, 11) is -0.641. The molecule has 0 spiro atoms. The zero-order chi connectivity index (χ0) is 23.5. The van der Waals surface area contributed by atoms with Crippen molar-refractivity contribution in [1.29, 1.82) is 0 Å². The molecule has 0 bridgehead atoms. The molecule has 0 radical (unpaired) electrons. The fraction of sp³-hybridized carbons (Fsp3) is 0.250. The van der Waals surface area contributed by atoms with Gasteiger partial charge in [-0.05, 0) is 32.2 Å². The van der Waals surface area contributed by atoms with Crippen LogP contribution < -0.4 is 19.4 Å². The average Bonchev–Trinajstić information content (AvgIpc) is 3.20. The number of hydrogen-bond acceptors (Lipinski definition) is 6. The first kappa shape index (κ1) is 24.1. The molecule has 0 amide bonds. The van der Waals surface area contributed by atoms with Crippen molar-refractivity contribution in [2.24, 2.45) is 0 Å². The first-order chi connectivity index (χ1) is 15.1. The highest BCUT2D eigenvalue weighted by Crippen LogP contribution is 2.35. The summed E-state index contributed by atoms with van der Waals surface area (Å²) in [4.78, 5) is 1.36. The second kappa shape index (κ2) is 9.95. The van der Waals surface area contributed by atoms with Gasteiger partial charge < -0.3 is 15.5 Å². The molecule has 3 rings (SSSR count). The van der Waals surface area contributed by atoms with E-state index in [1.54, 1.807) is 6.92 Å². The van der Waals surface area contributed by atoms with Crippen molar-refractivity contribution in [3.63, 3.8) is 0 Å². The number of aromatic nitrogens is 2. The van der Waals surface area contributed by atoms with Gasteiger partial charge in [-0.3, -0.25) is 5.10 Å². The average molecular weight is 501 g/mol. The van der Waals surface area contributed by atoms with Gasteiger partial charge in [0, 0.05) is 49.7 Å². The molecule has 0 fully saturated rings. The summed E-state index contributed by atoms with van der Waals surface area (Å²) in [6.07, 6.45) is 0. The van der Waals surface area contributed by atoms with Crippen molar-refractivity contribution >= 4 is 56.3 Å². The Morgan fingerprint density at radius 2 is 1.91 bits per heavy atom. The van der Waals surface area contributed by atoms with Gasteiger partial charge in [-0.1, -0.05) is 23.7 Å². The monoisotopic (exact) mass is 500 g/mol. The summed E-state index contributed by atoms with van der Waals surface area (Å²) in [5.41, 5.74) is 2.37. The lowest BCUT2D eigenvalue weighted by molar-refractivity contribution is 0.568. The van der Waals surface area contributed by atoms with Crippen molar-refractivity contribution in [1.82, 2.24) is 15.5 Å². The molecule has 8 nitrogen and oxygen atoms in total. The molecule has 3 N–H and O–H groups in total. The SMILES string of the molecule is CNCCN(C)c1ccccc1Nc1cc(F)c(S(=O)(=O)N(Cl)c2cc(C)[nH]n2)cc1Cl. The number of nitrogens with zero attached hydrogens (tertiary/aromatic N) is 3. The summed E-state index contributed by atoms with van der Waals surface area (Å²) >= 11 is 12.3. The molecule has 1 heterocycles. The van der Waals surface area contributed by atoms with E-state index in [2.05, 4.69) is 20.8 Å². The van der Waals surface area contributed by atoms with Gasteiger partial charge in [0.15, 0.2) is 5.82 Å². The zero-order valence-electron chi connectivity index (χ0n) is 17.7. The minimum atomic E-state index is -4.44. The summed E-state index contributed by atoms with van der Waals surface area (Å²) in [5, 5.41) is 12.6. The van der Waals surface area contributed by atoms with Crippen molar-refractivity contribution in [3.8, 4) is 0 Å². The fourth-order valence-corrected chi connectivity index (χ4v) is 4.65. The number of hydrogen-bond donors (Lipinski definition) is 3. The van der Waals surface area contributed by atoms with E-state index in [0.29, 0.717) is 15.2 Å². The molecule has 0 atom stereocenters. The van der Waals surface area contributed by atoms with Gasteiger partial charge in [0.05, 0.1) is 22.1 Å². The maximum Gasteiger partial charge on any atom is 0.282 e. The summed E-state index contributed by atoms with van der Waals surface area (Å²) < 4.78 is 41.0. The van der Waals surface area contributed by atoms with Crippen LogP contribution in [0.4, 0.5) is 27.3 Å². The van der Waals surface area contributed by atoms with Crippen LogP contribution in [0.2, 0.25) is 5.02 Å². The molecular weight excluding hydrogens is 478 g/mol. The van der Waals surface area contributed by atoms with E-state index < -0.39 is 20.7 Å². The number of aryl methyl sites for hydroxylation is 1. The minimum absolute atomic E-state index is 0.0148. The Labute approximate surface area is 196 Å². The van der Waals surface area contributed by atoms with Crippen LogP contribution in [-0.2, 0) is 10.0 Å². The van der Waals surface area contributed by atoms with Crippen molar-refractivity contribution in [2.75, 3.05) is 41.2 Å². The Bertz CT molecular complexity index is 1200. The van der Waals surface area contributed by atoms with Crippen LogP contribution in [0.5, 0.6) is 0 Å². The van der Waals surface area contributed by atoms with Gasteiger partial charge in [-0.25, -0.2) is 4.39 Å². The number of H-pyrrole nitrogens is 1. The lowest BCUT2D eigenvalue weighted by Gasteiger charge is -2.23. The number of anilines is 4. The highest BCUT2D eigenvalue weighted by molar-refractivity contribution is 7.94. The van der Waals surface area contributed by atoms with Crippen LogP contribution in [0, 0.1) is 12.7 Å². The third-order valence-corrected chi connectivity index (χ3v) is 7.17. The van der Waals surface area contributed by atoms with E-state index in [1.807, 2.05) is 43.3 Å². The maximum atomic E-state index is 14.9. The van der Waals surface area contributed by atoms with Crippen LogP contribution in [0.1, 0.15) is 5.69 Å². The lowest BCUT2D eigenvalue weighted by Crippen LogP contribution is -2.27. The molecule has 1 aromatic heterocycles. The first-order valence-corrected chi connectivity index (χ1v) is 11.7. The predicted octanol–water partition coefficient (Wildman–Crippen LogP) is 4.26. The minimum Gasteiger partial charge on any atom is -0.372 e. The van der Waals surface area contributed by atoms with Gasteiger partial charge in [-0.15, -0.1) is 0 Å². The maximum absolute atomic E-state index is 14.9. The summed E-state index contributed by atoms with van der Waals surface area (Å²) in [6.45, 7) is 3.20. The summed E-state index contributed by atoms with van der Waals surface area (Å²) in [6, 6.07) is 10.9. The van der Waals surface area contributed by atoms with E-state index in [4.69, 9.17) is 23.4 Å². The van der Waals surface area contributed by atoms with Gasteiger partial charge in [-0.2, -0.15) is 17.3 Å². The van der Waals surface area contributed by atoms with Crippen LogP contribution in [0.25, 0.3) is 0 Å². The molecule has 0 saturated heterocycles. The Morgan fingerprint density at radius 1 is 1.19 bits per heavy atom. The summed E-state index contributed by atoms with van der Waals surface area (Å²) in [5.74, 6) is -1.09. The highest BCUT2D eigenvalue weighted by atomic mass is 35.5. The number of likely N-dealkylation sites (N-methyl/N-ethyl adjacent to an activating group) is 2.